The van der Waals surface area contributed by atoms with Crippen molar-refractivity contribution in [1.82, 2.24) is 10.6 Å². The Hall–Kier alpha value is -2.08. The maximum atomic E-state index is 11.5. The third kappa shape index (κ3) is 5.39. The second-order valence-corrected chi connectivity index (χ2v) is 4.19. The molecule has 1 rings (SSSR count). The van der Waals surface area contributed by atoms with Gasteiger partial charge >= 0.3 is 12.0 Å². The van der Waals surface area contributed by atoms with E-state index >= 15 is 0 Å². The summed E-state index contributed by atoms with van der Waals surface area (Å²) < 4.78 is 4.90. The quantitative estimate of drug-likeness (QED) is 0.722. The molecule has 2 amide bonds. The lowest BCUT2D eigenvalue weighted by Gasteiger charge is -2.13. The van der Waals surface area contributed by atoms with Gasteiger partial charge in [-0.3, -0.25) is 0 Å². The predicted octanol–water partition coefficient (Wildman–Crippen LogP) is 1.22. The average molecular weight is 266 g/mol. The Morgan fingerprint density at radius 1 is 1.42 bits per heavy atom. The number of rotatable bonds is 6. The average Bonchev–Trinajstić information content (AvgIpc) is 2.37. The van der Waals surface area contributed by atoms with E-state index in [0.717, 1.165) is 5.56 Å². The van der Waals surface area contributed by atoms with Crippen molar-refractivity contribution in [1.29, 1.82) is 0 Å². The number of amides is 2. The Kier molecular flexibility index (Phi) is 5.81. The number of carbonyl (C=O) groups is 2. The van der Waals surface area contributed by atoms with Crippen LogP contribution in [0, 0.1) is 0 Å². The summed E-state index contributed by atoms with van der Waals surface area (Å²) in [6.45, 7) is 2.53. The fraction of sp³-hybridized carbons (Fsp3) is 0.385. The highest BCUT2D eigenvalue weighted by molar-refractivity contribution is 5.87. The van der Waals surface area contributed by atoms with E-state index in [1.165, 1.54) is 12.1 Å². The van der Waals surface area contributed by atoms with Crippen molar-refractivity contribution >= 4 is 12.0 Å². The first-order valence-corrected chi connectivity index (χ1v) is 5.88. The van der Waals surface area contributed by atoms with Crippen LogP contribution < -0.4 is 10.6 Å². The lowest BCUT2D eigenvalue weighted by atomic mass is 10.1. The molecule has 3 N–H and O–H groups in total. The van der Waals surface area contributed by atoms with Crippen molar-refractivity contribution in [2.24, 2.45) is 0 Å². The van der Waals surface area contributed by atoms with Gasteiger partial charge in [0.1, 0.15) is 0 Å². The monoisotopic (exact) mass is 266 g/mol. The van der Waals surface area contributed by atoms with Crippen LogP contribution in [0.4, 0.5) is 4.79 Å². The molecule has 6 nitrogen and oxygen atoms in total. The van der Waals surface area contributed by atoms with Gasteiger partial charge in [0, 0.05) is 13.7 Å². The minimum atomic E-state index is -0.986. The topological polar surface area (TPSA) is 87.7 Å². The summed E-state index contributed by atoms with van der Waals surface area (Å²) in [5, 5.41) is 14.2. The summed E-state index contributed by atoms with van der Waals surface area (Å²) in [4.78, 5) is 22.3. The number of benzene rings is 1. The van der Waals surface area contributed by atoms with E-state index in [-0.39, 0.29) is 24.2 Å². The fourth-order valence-electron chi connectivity index (χ4n) is 1.56. The lowest BCUT2D eigenvalue weighted by Crippen LogP contribution is -2.42. The van der Waals surface area contributed by atoms with Gasteiger partial charge in [0.25, 0.3) is 0 Å². The van der Waals surface area contributed by atoms with Crippen molar-refractivity contribution in [2.45, 2.75) is 19.5 Å². The van der Waals surface area contributed by atoms with Gasteiger partial charge in [0.15, 0.2) is 0 Å². The number of nitrogens with one attached hydrogen (secondary N) is 2. The first kappa shape index (κ1) is 15.0. The maximum absolute atomic E-state index is 11.5. The molecule has 0 aliphatic rings. The molecule has 1 aromatic rings. The molecule has 6 heteroatoms. The van der Waals surface area contributed by atoms with Crippen LogP contribution in [-0.2, 0) is 11.3 Å². The van der Waals surface area contributed by atoms with E-state index in [2.05, 4.69) is 10.6 Å². The molecule has 0 bridgehead atoms. The molecule has 0 aliphatic carbocycles. The molecule has 0 heterocycles. The van der Waals surface area contributed by atoms with E-state index in [1.54, 1.807) is 19.2 Å². The Labute approximate surface area is 111 Å². The summed E-state index contributed by atoms with van der Waals surface area (Å²) in [6, 6.07) is 6.03. The number of ether oxygens (including phenoxy) is 1. The van der Waals surface area contributed by atoms with Crippen molar-refractivity contribution in [3.05, 3.63) is 35.4 Å². The van der Waals surface area contributed by atoms with Gasteiger partial charge < -0.3 is 20.5 Å². The SMILES string of the molecule is COCC(C)NC(=O)NCc1cccc(C(=O)O)c1. The molecule has 1 aromatic carbocycles. The Bertz CT molecular complexity index is 448. The Balaban J connectivity index is 2.46. The number of methoxy groups -OCH3 is 1. The molecular weight excluding hydrogens is 248 g/mol. The number of hydrogen-bond donors (Lipinski definition) is 3. The highest BCUT2D eigenvalue weighted by atomic mass is 16.5. The van der Waals surface area contributed by atoms with Gasteiger partial charge in [-0.1, -0.05) is 12.1 Å². The third-order valence-corrected chi connectivity index (χ3v) is 2.42. The summed E-state index contributed by atoms with van der Waals surface area (Å²) in [7, 11) is 1.56. The summed E-state index contributed by atoms with van der Waals surface area (Å²) in [6.07, 6.45) is 0. The van der Waals surface area contributed by atoms with Gasteiger partial charge in [-0.05, 0) is 24.6 Å². The number of carboxylic acid groups (broad SMARTS) is 1. The predicted molar refractivity (Wildman–Crippen MR) is 70.1 cm³/mol. The summed E-state index contributed by atoms with van der Waals surface area (Å²) in [5.74, 6) is -0.986. The highest BCUT2D eigenvalue weighted by Crippen LogP contribution is 2.04. The van der Waals surface area contributed by atoms with Gasteiger partial charge in [0.2, 0.25) is 0 Å². The standard InChI is InChI=1S/C13H18N2O4/c1-9(8-19-2)15-13(18)14-7-10-4-3-5-11(6-10)12(16)17/h3-6,9H,7-8H2,1-2H3,(H,16,17)(H2,14,15,18). The molecule has 0 fully saturated rings. The summed E-state index contributed by atoms with van der Waals surface area (Å²) >= 11 is 0. The third-order valence-electron chi connectivity index (χ3n) is 2.42. The molecule has 1 unspecified atom stereocenters. The normalized spacial score (nSPS) is 11.7. The minimum Gasteiger partial charge on any atom is -0.478 e. The van der Waals surface area contributed by atoms with Gasteiger partial charge in [0.05, 0.1) is 18.2 Å². The first-order valence-electron chi connectivity index (χ1n) is 5.88. The number of urea groups is 1. The van der Waals surface area contributed by atoms with Crippen LogP contribution in [0.5, 0.6) is 0 Å². The Morgan fingerprint density at radius 2 is 2.16 bits per heavy atom. The number of carbonyl (C=O) groups excluding carboxylic acids is 1. The maximum Gasteiger partial charge on any atom is 0.335 e. The van der Waals surface area contributed by atoms with E-state index in [1.807, 2.05) is 6.92 Å². The van der Waals surface area contributed by atoms with Crippen molar-refractivity contribution in [2.75, 3.05) is 13.7 Å². The van der Waals surface area contributed by atoms with E-state index in [0.29, 0.717) is 6.61 Å². The van der Waals surface area contributed by atoms with Crippen molar-refractivity contribution in [3.8, 4) is 0 Å². The molecule has 0 saturated carbocycles. The molecule has 0 radical (unpaired) electrons. The van der Waals surface area contributed by atoms with Crippen LogP contribution in [0.15, 0.2) is 24.3 Å². The molecule has 1 atom stereocenters. The second-order valence-electron chi connectivity index (χ2n) is 4.19. The van der Waals surface area contributed by atoms with Crippen LogP contribution in [0.2, 0.25) is 0 Å². The van der Waals surface area contributed by atoms with Gasteiger partial charge in [-0.25, -0.2) is 9.59 Å². The van der Waals surface area contributed by atoms with Crippen LogP contribution in [-0.4, -0.2) is 36.9 Å². The van der Waals surface area contributed by atoms with E-state index < -0.39 is 5.97 Å². The van der Waals surface area contributed by atoms with E-state index in [4.69, 9.17) is 9.84 Å². The highest BCUT2D eigenvalue weighted by Gasteiger charge is 2.07. The first-order chi connectivity index (χ1) is 9.02. The second kappa shape index (κ2) is 7.38. The van der Waals surface area contributed by atoms with Gasteiger partial charge in [-0.15, -0.1) is 0 Å². The summed E-state index contributed by atoms with van der Waals surface area (Å²) in [5.41, 5.74) is 0.932. The van der Waals surface area contributed by atoms with Crippen LogP contribution in [0.3, 0.4) is 0 Å². The van der Waals surface area contributed by atoms with Crippen LogP contribution in [0.25, 0.3) is 0 Å². The van der Waals surface area contributed by atoms with E-state index in [9.17, 15) is 9.59 Å². The largest absolute Gasteiger partial charge is 0.478 e. The molecule has 19 heavy (non-hydrogen) atoms. The lowest BCUT2D eigenvalue weighted by molar-refractivity contribution is 0.0696. The smallest absolute Gasteiger partial charge is 0.335 e. The fourth-order valence-corrected chi connectivity index (χ4v) is 1.56. The number of aromatic carboxylic acids is 1. The zero-order valence-corrected chi connectivity index (χ0v) is 11.0. The number of hydrogen-bond acceptors (Lipinski definition) is 3. The van der Waals surface area contributed by atoms with Crippen LogP contribution >= 0.6 is 0 Å². The molecule has 0 spiro atoms. The molecule has 104 valence electrons. The molecule has 0 aliphatic heterocycles. The minimum absolute atomic E-state index is 0.0876. The molecule has 0 saturated heterocycles. The number of carboxylic acids is 1. The Morgan fingerprint density at radius 3 is 2.79 bits per heavy atom. The van der Waals surface area contributed by atoms with Crippen molar-refractivity contribution in [3.63, 3.8) is 0 Å². The molecular formula is C13H18N2O4. The zero-order valence-electron chi connectivity index (χ0n) is 11.0. The van der Waals surface area contributed by atoms with Crippen LogP contribution in [0.1, 0.15) is 22.8 Å². The molecule has 0 aromatic heterocycles. The van der Waals surface area contributed by atoms with Crippen molar-refractivity contribution < 1.29 is 19.4 Å². The van der Waals surface area contributed by atoms with Gasteiger partial charge in [-0.2, -0.15) is 0 Å². The zero-order chi connectivity index (χ0) is 14.3.